The number of anilines is 1. The molecular formula is C12H14F3NO2. The Bertz CT molecular complexity index is 434. The number of aryl methyl sites for hydroxylation is 1. The van der Waals surface area contributed by atoms with Crippen molar-refractivity contribution in [3.05, 3.63) is 29.3 Å². The normalized spacial score (nSPS) is 24.3. The molecule has 0 radical (unpaired) electrons. The molecule has 100 valence electrons. The first-order valence-corrected chi connectivity index (χ1v) is 5.58. The van der Waals surface area contributed by atoms with Gasteiger partial charge in [-0.25, -0.2) is 0 Å². The largest absolute Gasteiger partial charge is 0.416 e. The van der Waals surface area contributed by atoms with Gasteiger partial charge in [-0.1, -0.05) is 6.07 Å². The molecule has 1 aromatic carbocycles. The van der Waals surface area contributed by atoms with Gasteiger partial charge in [0.1, 0.15) is 0 Å². The lowest BCUT2D eigenvalue weighted by Gasteiger charge is -2.19. The molecule has 6 heteroatoms. The van der Waals surface area contributed by atoms with Crippen LogP contribution in [0.15, 0.2) is 18.2 Å². The van der Waals surface area contributed by atoms with E-state index in [9.17, 15) is 18.3 Å². The van der Waals surface area contributed by atoms with Gasteiger partial charge in [-0.3, -0.25) is 0 Å². The summed E-state index contributed by atoms with van der Waals surface area (Å²) in [6, 6.07) is 3.14. The van der Waals surface area contributed by atoms with E-state index in [1.165, 1.54) is 6.07 Å². The summed E-state index contributed by atoms with van der Waals surface area (Å²) in [5.74, 6) is 0. The van der Waals surface area contributed by atoms with Crippen LogP contribution in [0.3, 0.4) is 0 Å². The van der Waals surface area contributed by atoms with Crippen LogP contribution in [0.1, 0.15) is 11.1 Å². The van der Waals surface area contributed by atoms with Gasteiger partial charge in [0, 0.05) is 5.69 Å². The Morgan fingerprint density at radius 3 is 2.61 bits per heavy atom. The number of nitrogens with one attached hydrogen (secondary N) is 1. The Morgan fingerprint density at radius 2 is 2.06 bits per heavy atom. The van der Waals surface area contributed by atoms with Gasteiger partial charge in [0.25, 0.3) is 0 Å². The molecule has 2 N–H and O–H groups in total. The molecule has 2 rings (SSSR count). The van der Waals surface area contributed by atoms with Gasteiger partial charge in [-0.05, 0) is 24.6 Å². The molecule has 1 saturated heterocycles. The molecule has 0 spiro atoms. The van der Waals surface area contributed by atoms with Crippen LogP contribution in [0.25, 0.3) is 0 Å². The van der Waals surface area contributed by atoms with Gasteiger partial charge in [-0.2, -0.15) is 13.2 Å². The van der Waals surface area contributed by atoms with E-state index in [1.807, 2.05) is 0 Å². The second-order valence-electron chi connectivity index (χ2n) is 4.38. The van der Waals surface area contributed by atoms with Crippen LogP contribution >= 0.6 is 0 Å². The molecule has 2 atom stereocenters. The molecule has 1 heterocycles. The highest BCUT2D eigenvalue weighted by atomic mass is 19.4. The number of alkyl halides is 3. The zero-order valence-electron chi connectivity index (χ0n) is 9.79. The van der Waals surface area contributed by atoms with E-state index < -0.39 is 17.8 Å². The van der Waals surface area contributed by atoms with Crippen LogP contribution in [0.5, 0.6) is 0 Å². The smallest absolute Gasteiger partial charge is 0.388 e. The van der Waals surface area contributed by atoms with Crippen LogP contribution in [-0.4, -0.2) is 30.5 Å². The zero-order chi connectivity index (χ0) is 13.3. The van der Waals surface area contributed by atoms with Crippen molar-refractivity contribution in [1.82, 2.24) is 0 Å². The van der Waals surface area contributed by atoms with Gasteiger partial charge in [0.15, 0.2) is 0 Å². The Hall–Kier alpha value is -1.27. The van der Waals surface area contributed by atoms with Crippen LogP contribution in [0, 0.1) is 6.92 Å². The van der Waals surface area contributed by atoms with Crippen molar-refractivity contribution >= 4 is 5.69 Å². The maximum absolute atomic E-state index is 12.6. The molecule has 1 aliphatic rings. The summed E-state index contributed by atoms with van der Waals surface area (Å²) < 4.78 is 42.8. The fourth-order valence-corrected chi connectivity index (χ4v) is 1.83. The van der Waals surface area contributed by atoms with Crippen molar-refractivity contribution in [3.63, 3.8) is 0 Å². The summed E-state index contributed by atoms with van der Waals surface area (Å²) in [5.41, 5.74) is 0.366. The molecule has 0 bridgehead atoms. The number of aliphatic hydroxyl groups is 1. The maximum atomic E-state index is 12.6. The minimum Gasteiger partial charge on any atom is -0.388 e. The number of rotatable bonds is 2. The van der Waals surface area contributed by atoms with E-state index in [1.54, 1.807) is 6.92 Å². The van der Waals surface area contributed by atoms with Crippen LogP contribution in [0.4, 0.5) is 18.9 Å². The average molecular weight is 261 g/mol. The molecule has 3 nitrogen and oxygen atoms in total. The number of benzene rings is 1. The fourth-order valence-electron chi connectivity index (χ4n) is 1.83. The zero-order valence-corrected chi connectivity index (χ0v) is 9.79. The minimum atomic E-state index is -4.37. The fraction of sp³-hybridized carbons (Fsp3) is 0.500. The maximum Gasteiger partial charge on any atom is 0.416 e. The van der Waals surface area contributed by atoms with Gasteiger partial charge < -0.3 is 15.2 Å². The second-order valence-corrected chi connectivity index (χ2v) is 4.38. The first-order valence-electron chi connectivity index (χ1n) is 5.58. The van der Waals surface area contributed by atoms with Crippen LogP contribution in [-0.2, 0) is 10.9 Å². The third kappa shape index (κ3) is 2.76. The highest BCUT2D eigenvalue weighted by Gasteiger charge is 2.32. The van der Waals surface area contributed by atoms with Gasteiger partial charge >= 0.3 is 6.18 Å². The number of hydrogen-bond acceptors (Lipinski definition) is 3. The SMILES string of the molecule is Cc1ccc(C(F)(F)F)cc1NC1COCC1O. The molecule has 1 aromatic rings. The van der Waals surface area contributed by atoms with E-state index >= 15 is 0 Å². The highest BCUT2D eigenvalue weighted by Crippen LogP contribution is 2.32. The van der Waals surface area contributed by atoms with Crippen molar-refractivity contribution in [2.45, 2.75) is 25.2 Å². The predicted molar refractivity (Wildman–Crippen MR) is 60.4 cm³/mol. The van der Waals surface area contributed by atoms with E-state index in [2.05, 4.69) is 5.32 Å². The predicted octanol–water partition coefficient (Wildman–Crippen LogP) is 2.19. The summed E-state index contributed by atoms with van der Waals surface area (Å²) in [7, 11) is 0. The topological polar surface area (TPSA) is 41.5 Å². The first-order chi connectivity index (χ1) is 8.38. The highest BCUT2D eigenvalue weighted by molar-refractivity contribution is 5.54. The van der Waals surface area contributed by atoms with E-state index in [4.69, 9.17) is 4.74 Å². The van der Waals surface area contributed by atoms with Crippen molar-refractivity contribution < 1.29 is 23.0 Å². The summed E-state index contributed by atoms with van der Waals surface area (Å²) >= 11 is 0. The molecule has 2 unspecified atom stereocenters. The molecule has 0 amide bonds. The molecule has 0 aromatic heterocycles. The Labute approximate surface area is 103 Å². The number of aliphatic hydroxyl groups excluding tert-OH is 1. The third-order valence-electron chi connectivity index (χ3n) is 2.96. The number of halogens is 3. The van der Waals surface area contributed by atoms with Crippen molar-refractivity contribution in [2.75, 3.05) is 18.5 Å². The van der Waals surface area contributed by atoms with Gasteiger partial charge in [0.2, 0.25) is 0 Å². The van der Waals surface area contributed by atoms with Gasteiger partial charge in [0.05, 0.1) is 30.9 Å². The van der Waals surface area contributed by atoms with Crippen molar-refractivity contribution in [2.24, 2.45) is 0 Å². The molecule has 18 heavy (non-hydrogen) atoms. The molecule has 0 aliphatic carbocycles. The van der Waals surface area contributed by atoms with Crippen LogP contribution < -0.4 is 5.32 Å². The Morgan fingerprint density at radius 1 is 1.33 bits per heavy atom. The van der Waals surface area contributed by atoms with Gasteiger partial charge in [-0.15, -0.1) is 0 Å². The summed E-state index contributed by atoms with van der Waals surface area (Å²) in [5, 5.41) is 12.5. The standard InChI is InChI=1S/C12H14F3NO2/c1-7-2-3-8(12(13,14)15)4-9(7)16-10-5-18-6-11(10)17/h2-4,10-11,16-17H,5-6H2,1H3. The lowest BCUT2D eigenvalue weighted by Crippen LogP contribution is -2.32. The lowest BCUT2D eigenvalue weighted by atomic mass is 10.1. The van der Waals surface area contributed by atoms with E-state index in [0.717, 1.165) is 12.1 Å². The van der Waals surface area contributed by atoms with Crippen molar-refractivity contribution in [1.29, 1.82) is 0 Å². The van der Waals surface area contributed by atoms with Crippen LogP contribution in [0.2, 0.25) is 0 Å². The van der Waals surface area contributed by atoms with Crippen molar-refractivity contribution in [3.8, 4) is 0 Å². The third-order valence-corrected chi connectivity index (χ3v) is 2.96. The first kappa shape index (κ1) is 13.2. The number of ether oxygens (including phenoxy) is 1. The van der Waals surface area contributed by atoms with E-state index in [-0.39, 0.29) is 19.3 Å². The Kier molecular flexibility index (Phi) is 3.49. The molecule has 0 saturated carbocycles. The number of hydrogen-bond donors (Lipinski definition) is 2. The summed E-state index contributed by atoms with van der Waals surface area (Å²) in [4.78, 5) is 0. The summed E-state index contributed by atoms with van der Waals surface area (Å²) in [6.07, 6.45) is -5.06. The van der Waals surface area contributed by atoms with E-state index in [0.29, 0.717) is 11.3 Å². The minimum absolute atomic E-state index is 0.204. The Balaban J connectivity index is 2.21. The quantitative estimate of drug-likeness (QED) is 0.857. The lowest BCUT2D eigenvalue weighted by molar-refractivity contribution is -0.137. The monoisotopic (exact) mass is 261 g/mol. The molecule has 1 aliphatic heterocycles. The molecule has 1 fully saturated rings. The molecular weight excluding hydrogens is 247 g/mol. The summed E-state index contributed by atoms with van der Waals surface area (Å²) in [6.45, 7) is 2.21. The second kappa shape index (κ2) is 4.78. The average Bonchev–Trinajstić information content (AvgIpc) is 2.66.